The number of aryl methyl sites for hydroxylation is 1. The van der Waals surface area contributed by atoms with Crippen molar-refractivity contribution in [1.82, 2.24) is 5.32 Å². The number of hydrogen-bond acceptors (Lipinski definition) is 3. The van der Waals surface area contributed by atoms with Gasteiger partial charge in [-0.05, 0) is 49.4 Å². The van der Waals surface area contributed by atoms with E-state index in [-0.39, 0.29) is 5.84 Å². The Morgan fingerprint density at radius 2 is 2.29 bits per heavy atom. The lowest BCUT2D eigenvalue weighted by atomic mass is 10.0. The van der Waals surface area contributed by atoms with Crippen LogP contribution >= 0.6 is 0 Å². The number of nitrogens with one attached hydrogen (secondary N) is 1. The van der Waals surface area contributed by atoms with E-state index in [0.29, 0.717) is 0 Å². The Bertz CT molecular complexity index is 425. The fraction of sp³-hybridized carbons (Fsp3) is 0.462. The summed E-state index contributed by atoms with van der Waals surface area (Å²) in [7, 11) is 0. The predicted octanol–water partition coefficient (Wildman–Crippen LogP) is 1.59. The number of hydrogen-bond donors (Lipinski definition) is 3. The Morgan fingerprint density at radius 3 is 2.88 bits per heavy atom. The third kappa shape index (κ3) is 3.20. The summed E-state index contributed by atoms with van der Waals surface area (Å²) >= 11 is 0. The van der Waals surface area contributed by atoms with Gasteiger partial charge in [0.25, 0.3) is 0 Å². The van der Waals surface area contributed by atoms with Crippen LogP contribution in [0.5, 0.6) is 0 Å². The van der Waals surface area contributed by atoms with Crippen LogP contribution in [0.3, 0.4) is 0 Å². The van der Waals surface area contributed by atoms with Crippen LogP contribution in [-0.4, -0.2) is 17.6 Å². The summed E-state index contributed by atoms with van der Waals surface area (Å²) in [5, 5.41) is 15.1. The van der Waals surface area contributed by atoms with Gasteiger partial charge in [0.05, 0.1) is 0 Å². The largest absolute Gasteiger partial charge is 0.409 e. The summed E-state index contributed by atoms with van der Waals surface area (Å²) in [5.41, 5.74) is 8.73. The summed E-state index contributed by atoms with van der Waals surface area (Å²) < 4.78 is 0. The first kappa shape index (κ1) is 11.9. The number of benzene rings is 1. The van der Waals surface area contributed by atoms with Gasteiger partial charge in [-0.1, -0.05) is 17.3 Å². The topological polar surface area (TPSA) is 70.6 Å². The quantitative estimate of drug-likeness (QED) is 0.313. The van der Waals surface area contributed by atoms with E-state index in [2.05, 4.69) is 10.5 Å². The molecule has 0 unspecified atom stereocenters. The van der Waals surface area contributed by atoms with Crippen molar-refractivity contribution in [3.05, 3.63) is 34.9 Å². The van der Waals surface area contributed by atoms with Crippen molar-refractivity contribution in [2.75, 3.05) is 6.54 Å². The summed E-state index contributed by atoms with van der Waals surface area (Å²) in [6.07, 6.45) is 2.74. The minimum absolute atomic E-state index is 0.158. The Kier molecular flexibility index (Phi) is 3.64. The molecule has 4 heteroatoms. The third-order valence-corrected chi connectivity index (χ3v) is 3.19. The van der Waals surface area contributed by atoms with Crippen LogP contribution in [0.2, 0.25) is 0 Å². The molecule has 4 N–H and O–H groups in total. The molecule has 4 nitrogen and oxygen atoms in total. The Labute approximate surface area is 102 Å². The van der Waals surface area contributed by atoms with E-state index in [1.165, 1.54) is 18.4 Å². The van der Waals surface area contributed by atoms with Crippen LogP contribution < -0.4 is 11.1 Å². The number of rotatable bonds is 5. The van der Waals surface area contributed by atoms with Crippen LogP contribution in [0.4, 0.5) is 0 Å². The van der Waals surface area contributed by atoms with Crippen molar-refractivity contribution < 1.29 is 5.21 Å². The molecule has 0 atom stereocenters. The SMILES string of the molecule is Cc1cc(/C(N)=N/O)ccc1CNCC1CC1. The summed E-state index contributed by atoms with van der Waals surface area (Å²) in [6.45, 7) is 4.04. The van der Waals surface area contributed by atoms with E-state index in [9.17, 15) is 0 Å². The second-order valence-corrected chi connectivity index (χ2v) is 4.70. The highest BCUT2D eigenvalue weighted by Crippen LogP contribution is 2.27. The smallest absolute Gasteiger partial charge is 0.170 e. The maximum Gasteiger partial charge on any atom is 0.170 e. The van der Waals surface area contributed by atoms with Crippen molar-refractivity contribution in [2.45, 2.75) is 26.3 Å². The first-order valence-corrected chi connectivity index (χ1v) is 5.99. The molecular formula is C13H19N3O. The molecule has 17 heavy (non-hydrogen) atoms. The molecule has 0 aliphatic heterocycles. The van der Waals surface area contributed by atoms with Gasteiger partial charge in [0, 0.05) is 12.1 Å². The highest BCUT2D eigenvalue weighted by atomic mass is 16.4. The zero-order valence-electron chi connectivity index (χ0n) is 10.1. The molecule has 1 aliphatic carbocycles. The van der Waals surface area contributed by atoms with E-state index in [1.54, 1.807) is 0 Å². The molecule has 0 radical (unpaired) electrons. The average molecular weight is 233 g/mol. The summed E-state index contributed by atoms with van der Waals surface area (Å²) in [5.74, 6) is 1.05. The molecular weight excluding hydrogens is 214 g/mol. The standard InChI is InChI=1S/C13H19N3O/c1-9-6-11(13(14)16-17)4-5-12(9)8-15-7-10-2-3-10/h4-6,10,15,17H,2-3,7-8H2,1H3,(H2,14,16). The van der Waals surface area contributed by atoms with E-state index in [0.717, 1.165) is 30.1 Å². The Hall–Kier alpha value is -1.55. The van der Waals surface area contributed by atoms with Gasteiger partial charge >= 0.3 is 0 Å². The van der Waals surface area contributed by atoms with Crippen LogP contribution in [0.25, 0.3) is 0 Å². The van der Waals surface area contributed by atoms with Crippen LogP contribution in [0.1, 0.15) is 29.5 Å². The monoisotopic (exact) mass is 233 g/mol. The normalized spacial score (nSPS) is 16.2. The minimum atomic E-state index is 0.158. The molecule has 1 aromatic rings. The van der Waals surface area contributed by atoms with Gasteiger partial charge in [0.2, 0.25) is 0 Å². The van der Waals surface area contributed by atoms with Gasteiger partial charge in [-0.25, -0.2) is 0 Å². The molecule has 0 saturated heterocycles. The van der Waals surface area contributed by atoms with Crippen molar-refractivity contribution in [3.63, 3.8) is 0 Å². The van der Waals surface area contributed by atoms with Gasteiger partial charge < -0.3 is 16.3 Å². The van der Waals surface area contributed by atoms with Crippen molar-refractivity contribution in [3.8, 4) is 0 Å². The van der Waals surface area contributed by atoms with E-state index in [4.69, 9.17) is 10.9 Å². The van der Waals surface area contributed by atoms with Gasteiger partial charge in [0.1, 0.15) is 0 Å². The molecule has 0 heterocycles. The van der Waals surface area contributed by atoms with Crippen LogP contribution in [0.15, 0.2) is 23.4 Å². The van der Waals surface area contributed by atoms with Gasteiger partial charge in [0.15, 0.2) is 5.84 Å². The second kappa shape index (κ2) is 5.19. The average Bonchev–Trinajstić information content (AvgIpc) is 3.14. The van der Waals surface area contributed by atoms with Crippen LogP contribution in [-0.2, 0) is 6.54 Å². The molecule has 0 amide bonds. The lowest BCUT2D eigenvalue weighted by Crippen LogP contribution is -2.18. The molecule has 2 rings (SSSR count). The maximum absolute atomic E-state index is 8.61. The minimum Gasteiger partial charge on any atom is -0.409 e. The van der Waals surface area contributed by atoms with Gasteiger partial charge in [-0.3, -0.25) is 0 Å². The summed E-state index contributed by atoms with van der Waals surface area (Å²) in [4.78, 5) is 0. The molecule has 0 aromatic heterocycles. The fourth-order valence-electron chi connectivity index (χ4n) is 1.84. The molecule has 1 aromatic carbocycles. The molecule has 0 spiro atoms. The number of nitrogens with two attached hydrogens (primary N) is 1. The fourth-order valence-corrected chi connectivity index (χ4v) is 1.84. The van der Waals surface area contributed by atoms with Crippen molar-refractivity contribution >= 4 is 5.84 Å². The summed E-state index contributed by atoms with van der Waals surface area (Å²) in [6, 6.07) is 5.86. The van der Waals surface area contributed by atoms with E-state index < -0.39 is 0 Å². The van der Waals surface area contributed by atoms with Gasteiger partial charge in [-0.15, -0.1) is 0 Å². The highest BCUT2D eigenvalue weighted by Gasteiger charge is 2.20. The Balaban J connectivity index is 1.97. The predicted molar refractivity (Wildman–Crippen MR) is 68.1 cm³/mol. The molecule has 0 bridgehead atoms. The van der Waals surface area contributed by atoms with E-state index in [1.807, 2.05) is 25.1 Å². The zero-order chi connectivity index (χ0) is 12.3. The number of amidine groups is 1. The second-order valence-electron chi connectivity index (χ2n) is 4.70. The zero-order valence-corrected chi connectivity index (χ0v) is 10.1. The molecule has 1 fully saturated rings. The Morgan fingerprint density at radius 1 is 1.53 bits per heavy atom. The molecule has 92 valence electrons. The lowest BCUT2D eigenvalue weighted by Gasteiger charge is -2.09. The first-order chi connectivity index (χ1) is 8.20. The maximum atomic E-state index is 8.61. The number of nitrogens with zero attached hydrogens (tertiary/aromatic N) is 1. The molecule has 1 saturated carbocycles. The van der Waals surface area contributed by atoms with Gasteiger partial charge in [-0.2, -0.15) is 0 Å². The van der Waals surface area contributed by atoms with E-state index >= 15 is 0 Å². The van der Waals surface area contributed by atoms with Crippen LogP contribution in [0, 0.1) is 12.8 Å². The first-order valence-electron chi connectivity index (χ1n) is 5.99. The number of oxime groups is 1. The van der Waals surface area contributed by atoms with Crippen molar-refractivity contribution in [1.29, 1.82) is 0 Å². The third-order valence-electron chi connectivity index (χ3n) is 3.19. The molecule has 1 aliphatic rings. The highest BCUT2D eigenvalue weighted by molar-refractivity contribution is 5.97. The van der Waals surface area contributed by atoms with Crippen molar-refractivity contribution in [2.24, 2.45) is 16.8 Å². The lowest BCUT2D eigenvalue weighted by molar-refractivity contribution is 0.318.